The lowest BCUT2D eigenvalue weighted by atomic mass is 10.1. The Morgan fingerprint density at radius 1 is 0.972 bits per heavy atom. The minimum Gasteiger partial charge on any atom is -0.465 e. The first-order valence-electron chi connectivity index (χ1n) is 10.6. The van der Waals surface area contributed by atoms with Gasteiger partial charge in [-0.3, -0.25) is 14.6 Å². The molecular formula is C25H22F3N3O5. The average molecular weight is 501 g/mol. The van der Waals surface area contributed by atoms with Crippen molar-refractivity contribution in [2.75, 3.05) is 19.5 Å². The number of hydrogen-bond donors (Lipinski definition) is 2. The molecular weight excluding hydrogens is 479 g/mol. The van der Waals surface area contributed by atoms with Crippen LogP contribution in [0.2, 0.25) is 0 Å². The van der Waals surface area contributed by atoms with Crippen LogP contribution in [0.3, 0.4) is 0 Å². The first-order valence-corrected chi connectivity index (χ1v) is 10.6. The maximum absolute atomic E-state index is 13.1. The van der Waals surface area contributed by atoms with Gasteiger partial charge in [-0.15, -0.1) is 0 Å². The molecule has 2 amide bonds. The molecule has 36 heavy (non-hydrogen) atoms. The predicted octanol–water partition coefficient (Wildman–Crippen LogP) is 4.61. The molecule has 2 N–H and O–H groups in total. The van der Waals surface area contributed by atoms with Crippen LogP contribution in [0.15, 0.2) is 60.8 Å². The van der Waals surface area contributed by atoms with E-state index in [1.54, 1.807) is 30.3 Å². The number of rotatable bonds is 8. The second-order valence-corrected chi connectivity index (χ2v) is 7.50. The van der Waals surface area contributed by atoms with E-state index in [0.29, 0.717) is 17.6 Å². The number of carbonyl (C=O) groups excluding carboxylic acids is 3. The van der Waals surface area contributed by atoms with Gasteiger partial charge < -0.3 is 20.1 Å². The highest BCUT2D eigenvalue weighted by molar-refractivity contribution is 6.01. The molecule has 3 rings (SSSR count). The molecule has 0 fully saturated rings. The van der Waals surface area contributed by atoms with Crippen LogP contribution in [0.1, 0.15) is 38.4 Å². The summed E-state index contributed by atoms with van der Waals surface area (Å²) in [4.78, 5) is 40.0. The summed E-state index contributed by atoms with van der Waals surface area (Å²) in [5.74, 6) is -0.885. The van der Waals surface area contributed by atoms with Crippen molar-refractivity contribution in [3.63, 3.8) is 0 Å². The topological polar surface area (TPSA) is 107 Å². The SMILES string of the molecule is CNC(=O)c1cc(Oc2ccc(CCC(=O)Nc3cc(C(F)(F)F)ccc3C(=O)OC)cc2)ccn1. The summed E-state index contributed by atoms with van der Waals surface area (Å²) in [7, 11) is 2.59. The lowest BCUT2D eigenvalue weighted by Gasteiger charge is -2.13. The summed E-state index contributed by atoms with van der Waals surface area (Å²) in [6.07, 6.45) is -2.95. The van der Waals surface area contributed by atoms with Gasteiger partial charge in [0.15, 0.2) is 0 Å². The van der Waals surface area contributed by atoms with Crippen LogP contribution in [-0.2, 0) is 22.1 Å². The summed E-state index contributed by atoms with van der Waals surface area (Å²) in [6.45, 7) is 0. The Hall–Kier alpha value is -4.41. The Kier molecular flexibility index (Phi) is 8.26. The Morgan fingerprint density at radius 2 is 1.69 bits per heavy atom. The molecule has 1 heterocycles. The third-order valence-corrected chi connectivity index (χ3v) is 5.02. The van der Waals surface area contributed by atoms with E-state index >= 15 is 0 Å². The monoisotopic (exact) mass is 501 g/mol. The maximum atomic E-state index is 13.1. The number of benzene rings is 2. The van der Waals surface area contributed by atoms with Crippen LogP contribution in [0.25, 0.3) is 0 Å². The van der Waals surface area contributed by atoms with Crippen LogP contribution in [0.4, 0.5) is 18.9 Å². The molecule has 2 aromatic carbocycles. The minimum absolute atomic E-state index is 0.0447. The molecule has 0 spiro atoms. The zero-order valence-electron chi connectivity index (χ0n) is 19.3. The van der Waals surface area contributed by atoms with Crippen molar-refractivity contribution < 1.29 is 37.0 Å². The zero-order valence-corrected chi connectivity index (χ0v) is 19.3. The van der Waals surface area contributed by atoms with Crippen molar-refractivity contribution in [1.29, 1.82) is 0 Å². The van der Waals surface area contributed by atoms with Gasteiger partial charge in [-0.2, -0.15) is 13.2 Å². The van der Waals surface area contributed by atoms with E-state index in [1.165, 1.54) is 19.3 Å². The minimum atomic E-state index is -4.64. The highest BCUT2D eigenvalue weighted by Crippen LogP contribution is 2.32. The number of amides is 2. The molecule has 0 bridgehead atoms. The van der Waals surface area contributed by atoms with Crippen LogP contribution < -0.4 is 15.4 Å². The highest BCUT2D eigenvalue weighted by atomic mass is 19.4. The first-order chi connectivity index (χ1) is 17.1. The largest absolute Gasteiger partial charge is 0.465 e. The number of nitrogens with zero attached hydrogens (tertiary/aromatic N) is 1. The van der Waals surface area contributed by atoms with E-state index in [1.807, 2.05) is 0 Å². The summed E-state index contributed by atoms with van der Waals surface area (Å²) in [5.41, 5.74) is -0.489. The van der Waals surface area contributed by atoms with Gasteiger partial charge >= 0.3 is 12.1 Å². The molecule has 0 aliphatic heterocycles. The third kappa shape index (κ3) is 6.81. The van der Waals surface area contributed by atoms with Crippen molar-refractivity contribution in [2.45, 2.75) is 19.0 Å². The molecule has 0 aliphatic rings. The number of hydrogen-bond acceptors (Lipinski definition) is 6. The van der Waals surface area contributed by atoms with Gasteiger partial charge in [0.2, 0.25) is 5.91 Å². The highest BCUT2D eigenvalue weighted by Gasteiger charge is 2.32. The summed E-state index contributed by atoms with van der Waals surface area (Å²) in [5, 5.41) is 4.85. The van der Waals surface area contributed by atoms with E-state index in [4.69, 9.17) is 4.74 Å². The maximum Gasteiger partial charge on any atom is 0.416 e. The number of ether oxygens (including phenoxy) is 2. The number of aryl methyl sites for hydroxylation is 1. The lowest BCUT2D eigenvalue weighted by molar-refractivity contribution is -0.137. The van der Waals surface area contributed by atoms with Crippen LogP contribution in [-0.4, -0.2) is 36.9 Å². The van der Waals surface area contributed by atoms with Crippen LogP contribution in [0.5, 0.6) is 11.5 Å². The first kappa shape index (κ1) is 26.2. The van der Waals surface area contributed by atoms with Crippen LogP contribution >= 0.6 is 0 Å². The predicted molar refractivity (Wildman–Crippen MR) is 124 cm³/mol. The number of carbonyl (C=O) groups is 3. The van der Waals surface area contributed by atoms with E-state index < -0.39 is 23.6 Å². The third-order valence-electron chi connectivity index (χ3n) is 5.02. The van der Waals surface area contributed by atoms with Crippen molar-refractivity contribution in [2.24, 2.45) is 0 Å². The van der Waals surface area contributed by atoms with Crippen molar-refractivity contribution in [1.82, 2.24) is 10.3 Å². The number of methoxy groups -OCH3 is 1. The Labute approximate surface area is 204 Å². The number of nitrogens with one attached hydrogen (secondary N) is 2. The summed E-state index contributed by atoms with van der Waals surface area (Å²) >= 11 is 0. The second kappa shape index (κ2) is 11.3. The zero-order chi connectivity index (χ0) is 26.3. The van der Waals surface area contributed by atoms with Crippen LogP contribution in [0, 0.1) is 0 Å². The van der Waals surface area contributed by atoms with Gasteiger partial charge in [-0.25, -0.2) is 4.79 Å². The number of anilines is 1. The number of esters is 1. The lowest BCUT2D eigenvalue weighted by Crippen LogP contribution is -2.18. The van der Waals surface area contributed by atoms with Gasteiger partial charge in [0.25, 0.3) is 5.91 Å². The van der Waals surface area contributed by atoms with E-state index in [9.17, 15) is 27.6 Å². The quantitative estimate of drug-likeness (QED) is 0.437. The number of alkyl halides is 3. The average Bonchev–Trinajstić information content (AvgIpc) is 2.87. The fourth-order valence-electron chi connectivity index (χ4n) is 3.17. The molecule has 0 saturated carbocycles. The second-order valence-electron chi connectivity index (χ2n) is 7.50. The Bertz CT molecular complexity index is 1260. The van der Waals surface area contributed by atoms with Gasteiger partial charge in [0.1, 0.15) is 17.2 Å². The van der Waals surface area contributed by atoms with Gasteiger partial charge in [-0.1, -0.05) is 12.1 Å². The molecule has 1 aromatic heterocycles. The fraction of sp³-hybridized carbons (Fsp3) is 0.200. The molecule has 0 radical (unpaired) electrons. The number of pyridine rings is 1. The van der Waals surface area contributed by atoms with Crippen molar-refractivity contribution in [3.05, 3.63) is 83.2 Å². The van der Waals surface area contributed by atoms with Gasteiger partial charge in [0.05, 0.1) is 23.9 Å². The molecule has 11 heteroatoms. The summed E-state index contributed by atoms with van der Waals surface area (Å²) in [6, 6.07) is 12.3. The molecule has 3 aromatic rings. The van der Waals surface area contributed by atoms with E-state index in [0.717, 1.165) is 24.8 Å². The number of aromatic nitrogens is 1. The molecule has 188 valence electrons. The molecule has 0 atom stereocenters. The Balaban J connectivity index is 1.63. The van der Waals surface area contributed by atoms with Crippen molar-refractivity contribution >= 4 is 23.5 Å². The molecule has 0 unspecified atom stereocenters. The van der Waals surface area contributed by atoms with E-state index in [-0.39, 0.29) is 35.7 Å². The Morgan fingerprint density at radius 3 is 2.33 bits per heavy atom. The van der Waals surface area contributed by atoms with Crippen molar-refractivity contribution in [3.8, 4) is 11.5 Å². The van der Waals surface area contributed by atoms with Gasteiger partial charge in [-0.05, 0) is 48.4 Å². The smallest absolute Gasteiger partial charge is 0.416 e. The summed E-state index contributed by atoms with van der Waals surface area (Å²) < 4.78 is 49.5. The molecule has 8 nitrogen and oxygen atoms in total. The standard InChI is InChI=1S/C25H22F3N3O5/c1-29-23(33)21-14-18(11-12-30-21)36-17-7-3-15(4-8-17)5-10-22(32)31-20-13-16(25(26,27)28)6-9-19(20)24(34)35-2/h3-4,6-9,11-14H,5,10H2,1-2H3,(H,29,33)(H,31,32). The molecule has 0 saturated heterocycles. The fourth-order valence-corrected chi connectivity index (χ4v) is 3.17. The van der Waals surface area contributed by atoms with E-state index in [2.05, 4.69) is 20.4 Å². The number of halogens is 3. The molecule has 0 aliphatic carbocycles. The normalized spacial score (nSPS) is 10.9. The van der Waals surface area contributed by atoms with Gasteiger partial charge in [0, 0.05) is 25.7 Å².